The fraction of sp³-hybridized carbons (Fsp3) is 0.412. The fourth-order valence-electron chi connectivity index (χ4n) is 6.92. The minimum atomic E-state index is -4.32. The number of ketones is 1. The molecule has 3 saturated heterocycles. The second-order valence-corrected chi connectivity index (χ2v) is 14.5. The van der Waals surface area contributed by atoms with E-state index in [2.05, 4.69) is 37.2 Å². The lowest BCUT2D eigenvalue weighted by atomic mass is 9.97. The first kappa shape index (κ1) is 32.6. The van der Waals surface area contributed by atoms with Crippen molar-refractivity contribution in [2.75, 3.05) is 68.5 Å². The predicted molar refractivity (Wildman–Crippen MR) is 179 cm³/mol. The Morgan fingerprint density at radius 1 is 0.958 bits per heavy atom. The van der Waals surface area contributed by atoms with Gasteiger partial charge in [0.15, 0.2) is 5.82 Å². The number of carbonyl (C=O) groups excluding carboxylic acids is 1. The zero-order valence-electron chi connectivity index (χ0n) is 26.4. The van der Waals surface area contributed by atoms with Gasteiger partial charge in [-0.05, 0) is 74.2 Å². The maximum atomic E-state index is 15.6. The molecule has 0 spiro atoms. The van der Waals surface area contributed by atoms with E-state index in [1.54, 1.807) is 12.3 Å². The summed E-state index contributed by atoms with van der Waals surface area (Å²) in [5, 5.41) is 3.80. The first-order chi connectivity index (χ1) is 23.2. The highest BCUT2D eigenvalue weighted by Crippen LogP contribution is 2.31. The highest BCUT2D eigenvalue weighted by molar-refractivity contribution is 7.90. The normalized spacial score (nSPS) is 20.1. The van der Waals surface area contributed by atoms with Crippen molar-refractivity contribution in [2.45, 2.75) is 25.4 Å². The monoisotopic (exact) mass is 681 g/mol. The molecule has 0 aliphatic carbocycles. The van der Waals surface area contributed by atoms with E-state index >= 15 is 4.39 Å². The lowest BCUT2D eigenvalue weighted by molar-refractivity contribution is 0.103. The van der Waals surface area contributed by atoms with Crippen molar-refractivity contribution in [3.63, 3.8) is 0 Å². The number of rotatable bonds is 9. The molecule has 0 radical (unpaired) electrons. The van der Waals surface area contributed by atoms with Gasteiger partial charge in [0.2, 0.25) is 5.78 Å². The summed E-state index contributed by atoms with van der Waals surface area (Å²) in [5.74, 6) is -2.71. The molecule has 7 rings (SSSR count). The Morgan fingerprint density at radius 3 is 2.42 bits per heavy atom. The van der Waals surface area contributed by atoms with E-state index in [0.717, 1.165) is 79.4 Å². The minimum absolute atomic E-state index is 0.0176. The van der Waals surface area contributed by atoms with Crippen LogP contribution in [0.3, 0.4) is 0 Å². The molecule has 4 aromatic rings. The number of aromatic amines is 1. The van der Waals surface area contributed by atoms with E-state index in [1.807, 2.05) is 16.9 Å². The number of alkyl halides is 1. The smallest absolute Gasteiger partial charge is 0.301 e. The molecular weight excluding hydrogens is 643 g/mol. The van der Waals surface area contributed by atoms with Crippen LogP contribution in [0.4, 0.5) is 24.5 Å². The van der Waals surface area contributed by atoms with Crippen molar-refractivity contribution in [1.82, 2.24) is 24.5 Å². The zero-order valence-corrected chi connectivity index (χ0v) is 27.2. The predicted octanol–water partition coefficient (Wildman–Crippen LogP) is 4.56. The number of piperidine rings is 1. The van der Waals surface area contributed by atoms with Crippen molar-refractivity contribution in [1.29, 1.82) is 0 Å². The van der Waals surface area contributed by atoms with Gasteiger partial charge >= 0.3 is 10.2 Å². The summed E-state index contributed by atoms with van der Waals surface area (Å²) < 4.78 is 72.5. The van der Waals surface area contributed by atoms with E-state index in [1.165, 1.54) is 19.0 Å². The third kappa shape index (κ3) is 6.66. The molecule has 3 aliphatic heterocycles. The number of fused-ring (bicyclic) bond motifs is 1. The SMILES string of the molecule is O=C(c1c(F)ccc(NS(=O)(=O)N2CC[C@@H](F)C2)c1F)c1c[nH]c2ncc(-c3ccc(N4CCN(CC5CCNCC5)CC4)cc3)cc12. The van der Waals surface area contributed by atoms with Crippen LogP contribution in [0.1, 0.15) is 35.2 Å². The van der Waals surface area contributed by atoms with Gasteiger partial charge in [0.1, 0.15) is 17.6 Å². The van der Waals surface area contributed by atoms with Gasteiger partial charge in [0.05, 0.1) is 11.3 Å². The molecule has 0 saturated carbocycles. The van der Waals surface area contributed by atoms with E-state index in [4.69, 9.17) is 0 Å². The van der Waals surface area contributed by atoms with Gasteiger partial charge in [0.25, 0.3) is 0 Å². The van der Waals surface area contributed by atoms with Crippen molar-refractivity contribution in [3.05, 3.63) is 77.6 Å². The maximum Gasteiger partial charge on any atom is 0.301 e. The van der Waals surface area contributed by atoms with Crippen LogP contribution < -0.4 is 14.9 Å². The van der Waals surface area contributed by atoms with Gasteiger partial charge < -0.3 is 15.2 Å². The summed E-state index contributed by atoms with van der Waals surface area (Å²) in [4.78, 5) is 25.9. The number of carbonyl (C=O) groups is 1. The summed E-state index contributed by atoms with van der Waals surface area (Å²) in [6.45, 7) is 6.93. The van der Waals surface area contributed by atoms with Crippen LogP contribution in [0.25, 0.3) is 22.2 Å². The van der Waals surface area contributed by atoms with Crippen molar-refractivity contribution in [3.8, 4) is 11.1 Å². The molecule has 48 heavy (non-hydrogen) atoms. The Labute approximate surface area is 277 Å². The second kappa shape index (κ2) is 13.5. The number of nitrogens with one attached hydrogen (secondary N) is 3. The largest absolute Gasteiger partial charge is 0.369 e. The summed E-state index contributed by atoms with van der Waals surface area (Å²) in [5.41, 5.74) is 1.53. The van der Waals surface area contributed by atoms with E-state index in [0.29, 0.717) is 16.6 Å². The number of halogens is 3. The molecule has 1 atom stereocenters. The number of pyridine rings is 1. The fourth-order valence-corrected chi connectivity index (χ4v) is 8.18. The summed E-state index contributed by atoms with van der Waals surface area (Å²) in [7, 11) is -4.32. The van der Waals surface area contributed by atoms with Crippen LogP contribution in [0.5, 0.6) is 0 Å². The maximum absolute atomic E-state index is 15.6. The van der Waals surface area contributed by atoms with Crippen LogP contribution in [0.15, 0.2) is 54.9 Å². The summed E-state index contributed by atoms with van der Waals surface area (Å²) in [6, 6.07) is 11.6. The summed E-state index contributed by atoms with van der Waals surface area (Å²) in [6.07, 6.45) is 4.18. The number of hydrogen-bond donors (Lipinski definition) is 3. The van der Waals surface area contributed by atoms with Crippen LogP contribution >= 0.6 is 0 Å². The molecule has 0 unspecified atom stereocenters. The Balaban J connectivity index is 1.07. The average molecular weight is 682 g/mol. The van der Waals surface area contributed by atoms with Gasteiger partial charge in [-0.15, -0.1) is 0 Å². The Kier molecular flexibility index (Phi) is 9.16. The molecule has 2 aromatic carbocycles. The number of H-pyrrole nitrogens is 1. The van der Waals surface area contributed by atoms with Crippen LogP contribution in [0, 0.1) is 17.6 Å². The number of piperazine rings is 1. The summed E-state index contributed by atoms with van der Waals surface area (Å²) >= 11 is 0. The molecular formula is C34H38F3N7O3S. The standard InChI is InChI=1S/C34H38F3N7O3S/c35-25-9-12-44(21-25)48(46,47)41-30-6-5-29(36)31(32(30)37)33(45)28-19-40-34-27(28)17-24(18-39-34)23-1-3-26(4-2-23)43-15-13-42(14-16-43)20-22-7-10-38-11-8-22/h1-6,17-19,22,25,38,41H,7-16,20-21H2,(H,39,40)/t25-/m1/s1. The number of benzene rings is 2. The highest BCUT2D eigenvalue weighted by atomic mass is 32.2. The van der Waals surface area contributed by atoms with Gasteiger partial charge in [0, 0.05) is 80.4 Å². The molecule has 0 bridgehead atoms. The Bertz CT molecular complexity index is 1910. The number of nitrogens with zero attached hydrogens (tertiary/aromatic N) is 4. The van der Waals surface area contributed by atoms with Crippen molar-refractivity contribution < 1.29 is 26.4 Å². The van der Waals surface area contributed by atoms with E-state index in [-0.39, 0.29) is 25.1 Å². The Hall–Kier alpha value is -3.98. The van der Waals surface area contributed by atoms with Gasteiger partial charge in [-0.3, -0.25) is 14.4 Å². The molecule has 0 amide bonds. The molecule has 10 nitrogen and oxygen atoms in total. The average Bonchev–Trinajstić information content (AvgIpc) is 3.74. The van der Waals surface area contributed by atoms with Crippen molar-refractivity contribution in [2.24, 2.45) is 5.92 Å². The van der Waals surface area contributed by atoms with Gasteiger partial charge in [-0.2, -0.15) is 12.7 Å². The Morgan fingerprint density at radius 2 is 1.71 bits per heavy atom. The number of anilines is 2. The first-order valence-corrected chi connectivity index (χ1v) is 17.8. The lowest BCUT2D eigenvalue weighted by Crippen LogP contribution is -2.48. The topological polar surface area (TPSA) is 114 Å². The zero-order chi connectivity index (χ0) is 33.4. The molecule has 14 heteroatoms. The molecule has 3 N–H and O–H groups in total. The van der Waals surface area contributed by atoms with E-state index in [9.17, 15) is 22.0 Å². The molecule has 5 heterocycles. The molecule has 3 aliphatic rings. The third-order valence-corrected chi connectivity index (χ3v) is 11.2. The number of hydrogen-bond acceptors (Lipinski definition) is 7. The van der Waals surface area contributed by atoms with Gasteiger partial charge in [-0.25, -0.2) is 18.2 Å². The molecule has 254 valence electrons. The van der Waals surface area contributed by atoms with Crippen LogP contribution in [-0.2, 0) is 10.2 Å². The second-order valence-electron chi connectivity index (χ2n) is 12.8. The first-order valence-electron chi connectivity index (χ1n) is 16.4. The third-order valence-electron chi connectivity index (χ3n) is 9.68. The van der Waals surface area contributed by atoms with Crippen LogP contribution in [0.2, 0.25) is 0 Å². The van der Waals surface area contributed by atoms with Crippen molar-refractivity contribution >= 4 is 38.4 Å². The van der Waals surface area contributed by atoms with Gasteiger partial charge in [-0.1, -0.05) is 12.1 Å². The molecule has 3 fully saturated rings. The molecule has 2 aromatic heterocycles. The van der Waals surface area contributed by atoms with E-state index < -0.39 is 45.0 Å². The number of aromatic nitrogens is 2. The van der Waals surface area contributed by atoms with Crippen LogP contribution in [-0.4, -0.2) is 98.4 Å². The minimum Gasteiger partial charge on any atom is -0.369 e. The lowest BCUT2D eigenvalue weighted by Gasteiger charge is -2.38. The quantitative estimate of drug-likeness (QED) is 0.222. The highest BCUT2D eigenvalue weighted by Gasteiger charge is 2.33.